The van der Waals surface area contributed by atoms with Crippen LogP contribution in [-0.2, 0) is 0 Å². The fraction of sp³-hybridized carbons (Fsp3) is 0.333. The van der Waals surface area contributed by atoms with Crippen LogP contribution in [-0.4, -0.2) is 0 Å². The third-order valence-electron chi connectivity index (χ3n) is 3.09. The summed E-state index contributed by atoms with van der Waals surface area (Å²) in [6.07, 6.45) is 1.11. The molecule has 2 rings (SSSR count). The number of hydrogen-bond acceptors (Lipinski definition) is 2. The molecule has 1 nitrogen and oxygen atoms in total. The predicted octanol–water partition coefficient (Wildman–Crippen LogP) is 5.31. The van der Waals surface area contributed by atoms with Gasteiger partial charge in [0.05, 0.1) is 0 Å². The molecule has 0 saturated heterocycles. The summed E-state index contributed by atoms with van der Waals surface area (Å²) in [4.78, 5) is 1.42. The molecule has 0 bridgehead atoms. The van der Waals surface area contributed by atoms with Crippen molar-refractivity contribution < 1.29 is 0 Å². The largest absolute Gasteiger partial charge is 0.303 e. The van der Waals surface area contributed by atoms with E-state index in [2.05, 4.69) is 76.9 Å². The van der Waals surface area contributed by atoms with E-state index in [1.807, 2.05) is 11.3 Å². The van der Waals surface area contributed by atoms with Crippen molar-refractivity contribution in [2.75, 3.05) is 0 Å². The molecule has 0 aliphatic rings. The zero-order valence-corrected chi connectivity index (χ0v) is 13.1. The monoisotopic (exact) mass is 323 g/mol. The van der Waals surface area contributed by atoms with Crippen molar-refractivity contribution in [3.8, 4) is 0 Å². The maximum Gasteiger partial charge on any atom is 0.0416 e. The molecule has 2 atom stereocenters. The summed E-state index contributed by atoms with van der Waals surface area (Å²) in [5.74, 6) is 0. The molecular weight excluding hydrogens is 306 g/mol. The maximum absolute atomic E-state index is 3.70. The SMILES string of the molecule is CCC(N[C@H](C)c1cccc(Br)c1)c1cccs1. The van der Waals surface area contributed by atoms with Crippen LogP contribution in [0.2, 0.25) is 0 Å². The van der Waals surface area contributed by atoms with Crippen LogP contribution in [0.4, 0.5) is 0 Å². The van der Waals surface area contributed by atoms with Gasteiger partial charge in [-0.1, -0.05) is 41.1 Å². The number of benzene rings is 1. The minimum absolute atomic E-state index is 0.356. The molecule has 0 radical (unpaired) electrons. The molecule has 1 aromatic heterocycles. The topological polar surface area (TPSA) is 12.0 Å². The molecule has 18 heavy (non-hydrogen) atoms. The smallest absolute Gasteiger partial charge is 0.0416 e. The van der Waals surface area contributed by atoms with E-state index in [4.69, 9.17) is 0 Å². The summed E-state index contributed by atoms with van der Waals surface area (Å²) in [5, 5.41) is 5.84. The van der Waals surface area contributed by atoms with Crippen LogP contribution in [0.5, 0.6) is 0 Å². The molecule has 0 aliphatic heterocycles. The van der Waals surface area contributed by atoms with E-state index in [9.17, 15) is 0 Å². The summed E-state index contributed by atoms with van der Waals surface area (Å²) < 4.78 is 1.14. The Morgan fingerprint density at radius 3 is 2.72 bits per heavy atom. The molecule has 96 valence electrons. The van der Waals surface area contributed by atoms with Crippen molar-refractivity contribution in [3.05, 3.63) is 56.7 Å². The number of rotatable bonds is 5. The van der Waals surface area contributed by atoms with Gasteiger partial charge in [0.25, 0.3) is 0 Å². The molecule has 0 saturated carbocycles. The maximum atomic E-state index is 3.70. The van der Waals surface area contributed by atoms with Gasteiger partial charge in [0.1, 0.15) is 0 Å². The first-order valence-electron chi connectivity index (χ1n) is 6.25. The first kappa shape index (κ1) is 13.8. The average molecular weight is 324 g/mol. The molecule has 0 aliphatic carbocycles. The number of halogens is 1. The van der Waals surface area contributed by atoms with Gasteiger partial charge in [-0.2, -0.15) is 0 Å². The van der Waals surface area contributed by atoms with Crippen LogP contribution in [0.15, 0.2) is 46.3 Å². The number of nitrogens with one attached hydrogen (secondary N) is 1. The first-order valence-corrected chi connectivity index (χ1v) is 7.93. The van der Waals surface area contributed by atoms with Crippen molar-refractivity contribution >= 4 is 27.3 Å². The van der Waals surface area contributed by atoms with Crippen LogP contribution in [0.3, 0.4) is 0 Å². The molecule has 1 N–H and O–H groups in total. The van der Waals surface area contributed by atoms with Gasteiger partial charge in [0, 0.05) is 21.4 Å². The Bertz CT molecular complexity index is 481. The molecule has 0 spiro atoms. The van der Waals surface area contributed by atoms with Gasteiger partial charge in [0.15, 0.2) is 0 Å². The lowest BCUT2D eigenvalue weighted by atomic mass is 10.1. The van der Waals surface area contributed by atoms with Crippen molar-refractivity contribution in [1.82, 2.24) is 5.32 Å². The Morgan fingerprint density at radius 1 is 1.28 bits per heavy atom. The van der Waals surface area contributed by atoms with E-state index in [-0.39, 0.29) is 0 Å². The first-order chi connectivity index (χ1) is 8.70. The Labute approximate surface area is 121 Å². The van der Waals surface area contributed by atoms with Crippen LogP contribution in [0, 0.1) is 0 Å². The summed E-state index contributed by atoms with van der Waals surface area (Å²) in [6.45, 7) is 4.45. The van der Waals surface area contributed by atoms with Gasteiger partial charge in [-0.25, -0.2) is 0 Å². The molecule has 1 unspecified atom stereocenters. The summed E-state index contributed by atoms with van der Waals surface area (Å²) in [6, 6.07) is 13.6. The molecule has 1 heterocycles. The van der Waals surface area contributed by atoms with Crippen molar-refractivity contribution in [2.24, 2.45) is 0 Å². The second-order valence-electron chi connectivity index (χ2n) is 4.42. The van der Waals surface area contributed by atoms with Gasteiger partial charge >= 0.3 is 0 Å². The van der Waals surface area contributed by atoms with Crippen molar-refractivity contribution in [3.63, 3.8) is 0 Å². The lowest BCUT2D eigenvalue weighted by molar-refractivity contribution is 0.462. The summed E-state index contributed by atoms with van der Waals surface area (Å²) >= 11 is 5.35. The van der Waals surface area contributed by atoms with Crippen LogP contribution in [0.25, 0.3) is 0 Å². The zero-order valence-electron chi connectivity index (χ0n) is 10.7. The zero-order chi connectivity index (χ0) is 13.0. The normalized spacial score (nSPS) is 14.4. The highest BCUT2D eigenvalue weighted by molar-refractivity contribution is 9.10. The minimum Gasteiger partial charge on any atom is -0.303 e. The Balaban J connectivity index is 2.08. The predicted molar refractivity (Wildman–Crippen MR) is 83.0 cm³/mol. The quantitative estimate of drug-likeness (QED) is 0.785. The summed E-state index contributed by atoms with van der Waals surface area (Å²) in [5.41, 5.74) is 1.32. The number of hydrogen-bond donors (Lipinski definition) is 1. The van der Waals surface area contributed by atoms with Crippen LogP contribution >= 0.6 is 27.3 Å². The van der Waals surface area contributed by atoms with E-state index in [0.29, 0.717) is 12.1 Å². The van der Waals surface area contributed by atoms with Crippen LogP contribution in [0.1, 0.15) is 42.8 Å². The highest BCUT2D eigenvalue weighted by Gasteiger charge is 2.14. The van der Waals surface area contributed by atoms with Gasteiger partial charge in [-0.05, 0) is 42.5 Å². The second-order valence-corrected chi connectivity index (χ2v) is 6.31. The molecule has 0 amide bonds. The van der Waals surface area contributed by atoms with Crippen LogP contribution < -0.4 is 5.32 Å². The van der Waals surface area contributed by atoms with E-state index in [0.717, 1.165) is 10.9 Å². The van der Waals surface area contributed by atoms with E-state index in [1.165, 1.54) is 10.4 Å². The second kappa shape index (κ2) is 6.50. The molecule has 2 aromatic rings. The molecule has 3 heteroatoms. The standard InChI is InChI=1S/C15H18BrNS/c1-3-14(15-8-5-9-18-15)17-11(2)12-6-4-7-13(16)10-12/h4-11,14,17H,3H2,1-2H3/t11-,14?/m1/s1. The van der Waals surface area contributed by atoms with E-state index >= 15 is 0 Å². The Hall–Kier alpha value is -0.640. The van der Waals surface area contributed by atoms with Gasteiger partial charge in [-0.3, -0.25) is 0 Å². The lowest BCUT2D eigenvalue weighted by Gasteiger charge is -2.22. The molecule has 0 fully saturated rings. The van der Waals surface area contributed by atoms with Gasteiger partial charge in [-0.15, -0.1) is 11.3 Å². The molecular formula is C15H18BrNS. The fourth-order valence-electron chi connectivity index (χ4n) is 2.06. The van der Waals surface area contributed by atoms with Crippen molar-refractivity contribution in [2.45, 2.75) is 32.4 Å². The lowest BCUT2D eigenvalue weighted by Crippen LogP contribution is -2.23. The highest BCUT2D eigenvalue weighted by Crippen LogP contribution is 2.26. The highest BCUT2D eigenvalue weighted by atomic mass is 79.9. The average Bonchev–Trinajstić information content (AvgIpc) is 2.89. The summed E-state index contributed by atoms with van der Waals surface area (Å²) in [7, 11) is 0. The third-order valence-corrected chi connectivity index (χ3v) is 4.57. The number of thiophene rings is 1. The van der Waals surface area contributed by atoms with Gasteiger partial charge in [0.2, 0.25) is 0 Å². The van der Waals surface area contributed by atoms with E-state index in [1.54, 1.807) is 0 Å². The minimum atomic E-state index is 0.356. The fourth-order valence-corrected chi connectivity index (χ4v) is 3.35. The third kappa shape index (κ3) is 3.44. The van der Waals surface area contributed by atoms with Crippen molar-refractivity contribution in [1.29, 1.82) is 0 Å². The van der Waals surface area contributed by atoms with Gasteiger partial charge < -0.3 is 5.32 Å². The van der Waals surface area contributed by atoms with E-state index < -0.39 is 0 Å². The Morgan fingerprint density at radius 2 is 2.11 bits per heavy atom. The molecule has 1 aromatic carbocycles. The Kier molecular flexibility index (Phi) is 4.98.